The number of carbonyl (C=O) groups is 2. The second-order valence-corrected chi connectivity index (χ2v) is 9.65. The number of aliphatic carboxylic acids is 1. The molecule has 0 amide bonds. The molecule has 198 valence electrons. The van der Waals surface area contributed by atoms with Gasteiger partial charge in [-0.3, -0.25) is 4.79 Å². The van der Waals surface area contributed by atoms with Gasteiger partial charge in [0.2, 0.25) is 6.79 Å². The normalized spacial score (nSPS) is 12.7. The van der Waals surface area contributed by atoms with Crippen LogP contribution in [0.25, 0.3) is 16.6 Å². The van der Waals surface area contributed by atoms with Crippen LogP contribution in [0.4, 0.5) is 0 Å². The Morgan fingerprint density at radius 3 is 2.35 bits per heavy atom. The van der Waals surface area contributed by atoms with Gasteiger partial charge in [0.05, 0.1) is 17.3 Å². The monoisotopic (exact) mass is 550 g/mol. The third-order valence-corrected chi connectivity index (χ3v) is 7.07. The van der Waals surface area contributed by atoms with E-state index in [1.807, 2.05) is 30.3 Å². The molecule has 1 N–H and O–H groups in total. The summed E-state index contributed by atoms with van der Waals surface area (Å²) < 4.78 is 25.2. The van der Waals surface area contributed by atoms with Crippen LogP contribution in [-0.4, -0.2) is 32.4 Å². The number of carboxylic acid groups (broad SMARTS) is 1. The van der Waals surface area contributed by atoms with Gasteiger partial charge in [0.25, 0.3) is 0 Å². The minimum atomic E-state index is -1.21. The van der Waals surface area contributed by atoms with Crippen molar-refractivity contribution in [2.75, 3.05) is 6.79 Å². The van der Waals surface area contributed by atoms with Crippen molar-refractivity contribution >= 4 is 40.1 Å². The quantitative estimate of drug-likeness (QED) is 0.177. The highest BCUT2D eigenvalue weighted by atomic mass is 32.1. The summed E-state index contributed by atoms with van der Waals surface area (Å²) in [5.41, 5.74) is 3.72. The fourth-order valence-electron chi connectivity index (χ4n) is 4.52. The van der Waals surface area contributed by atoms with Crippen LogP contribution >= 0.6 is 11.7 Å². The van der Waals surface area contributed by atoms with Gasteiger partial charge in [-0.2, -0.15) is 8.75 Å². The maximum Gasteiger partial charge on any atom is 0.336 e. The van der Waals surface area contributed by atoms with Crippen LogP contribution in [0.5, 0.6) is 17.2 Å². The average Bonchev–Trinajstić information content (AvgIpc) is 3.65. The molecule has 9 heteroatoms. The Morgan fingerprint density at radius 1 is 0.800 bits per heavy atom. The molecule has 0 radical (unpaired) electrons. The topological polar surface area (TPSA) is 108 Å². The van der Waals surface area contributed by atoms with E-state index in [2.05, 4.69) is 8.75 Å². The molecule has 1 aliphatic rings. The highest BCUT2D eigenvalue weighted by Gasteiger charge is 2.25. The first-order chi connectivity index (χ1) is 19.5. The Balaban J connectivity index is 1.37. The molecular weight excluding hydrogens is 528 g/mol. The SMILES string of the molecule is O=C(O)C(=C(Cc1ccc2c(c1)OCO2)C(=O)c1ccc(OCc2ccccc2)cc1)c1ccc2nsnc2c1. The molecular formula is C31H22N2O6S. The predicted molar refractivity (Wildman–Crippen MR) is 150 cm³/mol. The summed E-state index contributed by atoms with van der Waals surface area (Å²) in [4.78, 5) is 26.7. The molecule has 0 aliphatic carbocycles. The van der Waals surface area contributed by atoms with Gasteiger partial charge in [-0.05, 0) is 65.2 Å². The average molecular weight is 551 g/mol. The Morgan fingerprint density at radius 2 is 1.55 bits per heavy atom. The Kier molecular flexibility index (Phi) is 6.95. The van der Waals surface area contributed by atoms with Crippen LogP contribution in [0.2, 0.25) is 0 Å². The molecule has 0 saturated heterocycles. The van der Waals surface area contributed by atoms with Gasteiger partial charge < -0.3 is 19.3 Å². The van der Waals surface area contributed by atoms with Crippen molar-refractivity contribution in [3.8, 4) is 17.2 Å². The molecule has 0 spiro atoms. The Labute approximate surface area is 233 Å². The summed E-state index contributed by atoms with van der Waals surface area (Å²) in [6, 6.07) is 26.8. The van der Waals surface area contributed by atoms with Crippen LogP contribution < -0.4 is 14.2 Å². The van der Waals surface area contributed by atoms with Crippen LogP contribution in [0.1, 0.15) is 27.0 Å². The maximum absolute atomic E-state index is 14.0. The zero-order valence-corrected chi connectivity index (χ0v) is 21.9. The highest BCUT2D eigenvalue weighted by Crippen LogP contribution is 2.35. The van der Waals surface area contributed by atoms with Crippen molar-refractivity contribution in [2.24, 2.45) is 0 Å². The number of Topliss-reactive ketones (excluding diaryl/α,β-unsaturated/α-hetero) is 1. The molecule has 40 heavy (non-hydrogen) atoms. The van der Waals surface area contributed by atoms with E-state index in [0.29, 0.717) is 51.6 Å². The van der Waals surface area contributed by atoms with Crippen LogP contribution in [0.15, 0.2) is 96.6 Å². The first kappa shape index (κ1) is 25.3. The van der Waals surface area contributed by atoms with Crippen molar-refractivity contribution in [2.45, 2.75) is 13.0 Å². The first-order valence-corrected chi connectivity index (χ1v) is 13.2. The van der Waals surface area contributed by atoms with E-state index in [0.717, 1.165) is 17.3 Å². The molecule has 8 nitrogen and oxygen atoms in total. The van der Waals surface area contributed by atoms with Crippen molar-refractivity contribution in [1.82, 2.24) is 8.75 Å². The van der Waals surface area contributed by atoms with Gasteiger partial charge in [0.15, 0.2) is 17.3 Å². The summed E-state index contributed by atoms with van der Waals surface area (Å²) in [6.45, 7) is 0.502. The number of aromatic nitrogens is 2. The second kappa shape index (κ2) is 11.0. The van der Waals surface area contributed by atoms with Gasteiger partial charge in [-0.25, -0.2) is 4.79 Å². The van der Waals surface area contributed by atoms with E-state index in [-0.39, 0.29) is 24.4 Å². The number of ketones is 1. The number of carbonyl (C=O) groups excluding carboxylic acids is 1. The molecule has 0 fully saturated rings. The fraction of sp³-hybridized carbons (Fsp3) is 0.0968. The standard InChI is InChI=1S/C31H22N2O6S/c34-30(21-7-10-23(11-8-21)37-17-19-4-2-1-3-5-19)24(14-20-6-13-27-28(15-20)39-18-38-27)29(31(35)36)22-9-12-25-26(16-22)33-40-32-25/h1-13,15-16H,14,17-18H2,(H,35,36). The van der Waals surface area contributed by atoms with Crippen LogP contribution in [-0.2, 0) is 17.8 Å². The fourth-order valence-corrected chi connectivity index (χ4v) is 5.04. The summed E-state index contributed by atoms with van der Waals surface area (Å²) in [5, 5.41) is 10.4. The molecule has 0 bridgehead atoms. The van der Waals surface area contributed by atoms with Crippen molar-refractivity contribution in [3.05, 3.63) is 119 Å². The number of allylic oxidation sites excluding steroid dienone is 1. The van der Waals surface area contributed by atoms with Gasteiger partial charge in [-0.1, -0.05) is 42.5 Å². The Bertz CT molecular complexity index is 1750. The lowest BCUT2D eigenvalue weighted by Crippen LogP contribution is -2.14. The number of hydrogen-bond donors (Lipinski definition) is 1. The predicted octanol–water partition coefficient (Wildman–Crippen LogP) is 5.96. The minimum absolute atomic E-state index is 0.0662. The molecule has 4 aromatic carbocycles. The molecule has 0 atom stereocenters. The first-order valence-electron chi connectivity index (χ1n) is 12.4. The van der Waals surface area contributed by atoms with Gasteiger partial charge >= 0.3 is 5.97 Å². The number of nitrogens with zero attached hydrogens (tertiary/aromatic N) is 2. The summed E-state index contributed by atoms with van der Waals surface area (Å²) >= 11 is 1.04. The van der Waals surface area contributed by atoms with E-state index in [1.54, 1.807) is 60.7 Å². The lowest BCUT2D eigenvalue weighted by molar-refractivity contribution is -0.130. The van der Waals surface area contributed by atoms with E-state index < -0.39 is 11.8 Å². The van der Waals surface area contributed by atoms with Crippen LogP contribution in [0, 0.1) is 0 Å². The summed E-state index contributed by atoms with van der Waals surface area (Å²) in [6.07, 6.45) is 0.0662. The van der Waals surface area contributed by atoms with Crippen molar-refractivity contribution in [3.63, 3.8) is 0 Å². The number of fused-ring (bicyclic) bond motifs is 2. The van der Waals surface area contributed by atoms with E-state index >= 15 is 0 Å². The zero-order valence-electron chi connectivity index (χ0n) is 21.1. The lowest BCUT2D eigenvalue weighted by Gasteiger charge is -2.14. The van der Waals surface area contributed by atoms with E-state index in [4.69, 9.17) is 14.2 Å². The molecule has 1 aromatic heterocycles. The zero-order chi connectivity index (χ0) is 27.5. The number of ether oxygens (including phenoxy) is 3. The highest BCUT2D eigenvalue weighted by molar-refractivity contribution is 7.00. The maximum atomic E-state index is 14.0. The van der Waals surface area contributed by atoms with Crippen molar-refractivity contribution in [1.29, 1.82) is 0 Å². The lowest BCUT2D eigenvalue weighted by atomic mass is 9.89. The molecule has 1 aliphatic heterocycles. The van der Waals surface area contributed by atoms with Crippen molar-refractivity contribution < 1.29 is 28.9 Å². The third kappa shape index (κ3) is 5.27. The molecule has 5 aromatic rings. The largest absolute Gasteiger partial charge is 0.489 e. The molecule has 2 heterocycles. The molecule has 0 saturated carbocycles. The van der Waals surface area contributed by atoms with Crippen LogP contribution in [0.3, 0.4) is 0 Å². The number of carboxylic acids is 1. The second-order valence-electron chi connectivity index (χ2n) is 9.12. The third-order valence-electron chi connectivity index (χ3n) is 6.51. The van der Waals surface area contributed by atoms with Gasteiger partial charge in [0, 0.05) is 17.6 Å². The molecule has 0 unspecified atom stereocenters. The minimum Gasteiger partial charge on any atom is -0.489 e. The number of benzene rings is 4. The summed E-state index contributed by atoms with van der Waals surface area (Å²) in [7, 11) is 0. The number of rotatable bonds is 9. The molecule has 6 rings (SSSR count). The van der Waals surface area contributed by atoms with E-state index in [1.165, 1.54) is 0 Å². The van der Waals surface area contributed by atoms with E-state index in [9.17, 15) is 14.7 Å². The van der Waals surface area contributed by atoms with Gasteiger partial charge in [0.1, 0.15) is 23.4 Å². The smallest absolute Gasteiger partial charge is 0.336 e. The van der Waals surface area contributed by atoms with Gasteiger partial charge in [-0.15, -0.1) is 0 Å². The number of hydrogen-bond acceptors (Lipinski definition) is 8. The Hall–Kier alpha value is -5.02. The summed E-state index contributed by atoms with van der Waals surface area (Å²) in [5.74, 6) is 0.139.